The number of carboxylic acid groups (broad SMARTS) is 1. The van der Waals surface area contributed by atoms with E-state index in [4.69, 9.17) is 47.4 Å². The summed E-state index contributed by atoms with van der Waals surface area (Å²) in [4.78, 5) is 99.6. The molecule has 9 saturated carbocycles. The predicted octanol–water partition coefficient (Wildman–Crippen LogP) is 15.8. The molecular weight excluding hydrogens is 1680 g/mol. The third-order valence-electron chi connectivity index (χ3n) is 22.1. The molecule has 4 amide bonds. The van der Waals surface area contributed by atoms with Crippen molar-refractivity contribution in [1.82, 2.24) is 26.3 Å². The average Bonchev–Trinajstić information content (AvgIpc) is 1.66. The largest absolute Gasteiger partial charge is 0.504 e. The summed E-state index contributed by atoms with van der Waals surface area (Å²) in [6.45, 7) is 33.0. The van der Waals surface area contributed by atoms with Crippen LogP contribution in [0.25, 0.3) is 0 Å². The molecule has 3 unspecified atom stereocenters. The maximum Gasteiger partial charge on any atom is 0.408 e. The van der Waals surface area contributed by atoms with Crippen molar-refractivity contribution in [2.75, 3.05) is 14.2 Å². The number of methoxy groups -OCH3 is 2. The van der Waals surface area contributed by atoms with Gasteiger partial charge in [-0.15, -0.1) is 0 Å². The Morgan fingerprint density at radius 3 is 1.09 bits per heavy atom. The lowest BCUT2D eigenvalue weighted by molar-refractivity contribution is -0.300. The van der Waals surface area contributed by atoms with Crippen molar-refractivity contribution in [2.45, 2.75) is 240 Å². The number of carbonyl (C=O) groups is 7. The summed E-state index contributed by atoms with van der Waals surface area (Å²) >= 11 is 13.5. The van der Waals surface area contributed by atoms with Gasteiger partial charge >= 0.3 is 36.2 Å². The van der Waals surface area contributed by atoms with Crippen molar-refractivity contribution in [2.24, 2.45) is 16.2 Å². The molecule has 0 spiro atoms. The molecule has 8 N–H and O–H groups in total. The Hall–Kier alpha value is -8.16. The molecule has 6 bridgehead atoms. The molecule has 12 aliphatic rings. The zero-order valence-electron chi connectivity index (χ0n) is 64.6. The maximum atomic E-state index is 13.2. The van der Waals surface area contributed by atoms with Gasteiger partial charge in [-0.2, -0.15) is 0 Å². The summed E-state index contributed by atoms with van der Waals surface area (Å²) in [5, 5.41) is 40.0. The number of amides is 4. The molecule has 17 rings (SSSR count). The van der Waals surface area contributed by atoms with Gasteiger partial charge in [0.25, 0.3) is 28.8 Å². The first-order valence-corrected chi connectivity index (χ1v) is 38.6. The van der Waals surface area contributed by atoms with E-state index >= 15 is 0 Å². The van der Waals surface area contributed by atoms with Gasteiger partial charge in [0.1, 0.15) is 16.8 Å². The van der Waals surface area contributed by atoms with Crippen molar-refractivity contribution in [3.05, 3.63) is 120 Å². The molecule has 4 heterocycles. The van der Waals surface area contributed by atoms with Gasteiger partial charge in [0, 0.05) is 83.0 Å². The zero-order valence-corrected chi connectivity index (χ0v) is 70.9. The van der Waals surface area contributed by atoms with E-state index in [2.05, 4.69) is 94.7 Å². The molecule has 0 saturated heterocycles. The van der Waals surface area contributed by atoms with E-state index in [0.29, 0.717) is 81.3 Å². The van der Waals surface area contributed by atoms with Gasteiger partial charge in [0.2, 0.25) is 0 Å². The average molecular weight is 1770 g/mol. The minimum Gasteiger partial charge on any atom is -0.504 e. The van der Waals surface area contributed by atoms with E-state index in [1.165, 1.54) is 27.2 Å². The number of rotatable bonds is 12. The molecule has 590 valence electrons. The Balaban J connectivity index is 0.000000151. The molecule has 3 atom stereocenters. The number of aromatic carboxylic acids is 1. The van der Waals surface area contributed by atoms with Crippen molar-refractivity contribution in [3.63, 3.8) is 0 Å². The molecule has 109 heavy (non-hydrogen) atoms. The third-order valence-corrected chi connectivity index (χ3v) is 24.4. The van der Waals surface area contributed by atoms with Gasteiger partial charge < -0.3 is 93.7 Å². The van der Waals surface area contributed by atoms with Crippen LogP contribution >= 0.6 is 63.7 Å². The molecule has 3 aliphatic heterocycles. The number of aromatic nitrogens is 1. The van der Waals surface area contributed by atoms with Gasteiger partial charge in [-0.25, -0.2) is 28.8 Å². The zero-order chi connectivity index (χ0) is 80.8. The number of halogens is 4. The molecule has 27 nitrogen and oxygen atoms in total. The Labute approximate surface area is 664 Å². The number of alkyl carbamates (subject to hydrolysis) is 3. The van der Waals surface area contributed by atoms with Crippen LogP contribution in [-0.2, 0) is 30.2 Å². The van der Waals surface area contributed by atoms with Gasteiger partial charge in [0.15, 0.2) is 46.0 Å². The van der Waals surface area contributed by atoms with Gasteiger partial charge in [0.05, 0.1) is 65.0 Å². The first-order chi connectivity index (χ1) is 50.2. The second-order valence-electron chi connectivity index (χ2n) is 33.8. The first-order valence-electron chi connectivity index (χ1n) is 35.4. The van der Waals surface area contributed by atoms with Crippen LogP contribution in [0.15, 0.2) is 53.0 Å². The van der Waals surface area contributed by atoms with E-state index in [0.717, 1.165) is 69.0 Å². The number of aromatic hydroxyl groups is 2. The number of pyridine rings is 1. The standard InChI is InChI=1S/C28H34BrN3O6.C21H26BrNO6.C20H24BrNO6.C9H9BrO4/c1-14-8-15(2)31-23(34)18(14)10-30-22(33)17-9-19(29)21-20(16(17)3)36-26(7,37-21)27-11-28(12-27,13-27)32-24(35)38-25(4,5)6;1-11-12(16(24)26-6)7-13(22)15-14(11)27-19(5,28-15)20-8-21(9-20,10-20)23-17(25)29-18(2,3)4;1-10-11(15(23)24)6-12(21)14-13(10)26-18(5,27-14)19-7-20(8-19,9-19)22-16(25)28-17(2,3)4;1-4-5(9(13)14-2)3-6(10)8(12)7(4)11/h8-9H,10-13H2,1-7H3,(H,30,33)(H,31,34)(H,32,35);7H,8-10H2,1-6H3,(H,23,25);6H,7-9H2,1-5H3,(H,22,25)(H,23,24);3,11-12H,1-2H3. The van der Waals surface area contributed by atoms with Crippen LogP contribution < -0.4 is 55.2 Å². The fourth-order valence-electron chi connectivity index (χ4n) is 16.6. The highest BCUT2D eigenvalue weighted by Crippen LogP contribution is 2.77. The van der Waals surface area contributed by atoms with Crippen LogP contribution in [0, 0.1) is 57.8 Å². The Bertz CT molecular complexity index is 4710. The number of fused-ring (bicyclic) bond motifs is 3. The van der Waals surface area contributed by atoms with E-state index in [9.17, 15) is 53.7 Å². The van der Waals surface area contributed by atoms with Crippen LogP contribution in [0.1, 0.15) is 221 Å². The lowest BCUT2D eigenvalue weighted by Gasteiger charge is -2.73. The summed E-state index contributed by atoms with van der Waals surface area (Å²) in [6.07, 6.45) is 5.39. The topological polar surface area (TPSA) is 363 Å². The van der Waals surface area contributed by atoms with Gasteiger partial charge in [-0.3, -0.25) is 9.59 Å². The molecule has 5 aromatic rings. The number of aromatic amines is 1. The quantitative estimate of drug-likeness (QED) is 0.0327. The van der Waals surface area contributed by atoms with E-state index in [-0.39, 0.29) is 83.5 Å². The number of carboxylic acids is 1. The number of ether oxygens (including phenoxy) is 11. The number of hydrogen-bond acceptors (Lipinski definition) is 21. The number of nitrogens with one attached hydrogen (secondary N) is 5. The normalized spacial score (nSPS) is 27.2. The van der Waals surface area contributed by atoms with Crippen LogP contribution in [0.2, 0.25) is 0 Å². The Morgan fingerprint density at radius 1 is 0.459 bits per heavy atom. The Morgan fingerprint density at radius 2 is 0.761 bits per heavy atom. The number of phenols is 2. The number of esters is 2. The van der Waals surface area contributed by atoms with Crippen molar-refractivity contribution < 1.29 is 101 Å². The highest BCUT2D eigenvalue weighted by atomic mass is 79.9. The minimum absolute atomic E-state index is 0.110. The first kappa shape index (κ1) is 81.8. The summed E-state index contributed by atoms with van der Waals surface area (Å²) in [7, 11) is 2.60. The van der Waals surface area contributed by atoms with E-state index in [1.807, 2.05) is 117 Å². The van der Waals surface area contributed by atoms with Crippen LogP contribution in [0.4, 0.5) is 14.4 Å². The molecule has 4 aromatic carbocycles. The molecule has 0 radical (unpaired) electrons. The SMILES string of the molecule is COC(=O)c1cc(Br)c(O)c(O)c1C.COC(=O)c1cc(Br)c2c(c1C)OC(C)(C13CC(NC(=O)OC(C)(C)C)(C1)C3)O2.Cc1c(C(=O)O)cc(Br)c2c1OC(C)(C13CC(NC(=O)OC(C)(C)C)(C1)C3)O2.Cc1cc(C)c(CNC(=O)c2cc(Br)c3c(c2C)OC(C)(C24CC(NC(=O)OC(C)(C)C)(C2)C4)O3)c(=O)[nH]1. The summed E-state index contributed by atoms with van der Waals surface area (Å²) in [6, 6.07) is 8.24. The lowest BCUT2D eigenvalue weighted by atomic mass is 9.36. The van der Waals surface area contributed by atoms with Gasteiger partial charge in [-0.05, 0) is 261 Å². The number of aryl methyl sites for hydroxylation is 2. The lowest BCUT2D eigenvalue weighted by Crippen LogP contribution is -2.82. The monoisotopic (exact) mass is 1770 g/mol. The van der Waals surface area contributed by atoms with Crippen molar-refractivity contribution >= 4 is 106 Å². The fraction of sp³-hybridized carbons (Fsp3) is 0.538. The second-order valence-corrected chi connectivity index (χ2v) is 37.2. The number of hydrogen-bond donors (Lipinski definition) is 8. The van der Waals surface area contributed by atoms with Crippen molar-refractivity contribution in [1.29, 1.82) is 0 Å². The number of carbonyl (C=O) groups excluding carboxylic acids is 6. The summed E-state index contributed by atoms with van der Waals surface area (Å²) < 4.78 is 65.5. The van der Waals surface area contributed by atoms with E-state index < -0.39 is 70.4 Å². The van der Waals surface area contributed by atoms with Crippen LogP contribution in [0.5, 0.6) is 46.0 Å². The third kappa shape index (κ3) is 14.8. The predicted molar refractivity (Wildman–Crippen MR) is 410 cm³/mol. The Kier molecular flexibility index (Phi) is 20.7. The summed E-state index contributed by atoms with van der Waals surface area (Å²) in [5.74, 6) is -2.37. The van der Waals surface area contributed by atoms with Gasteiger partial charge in [-0.1, -0.05) is 0 Å². The van der Waals surface area contributed by atoms with Crippen LogP contribution in [-0.4, -0.2) is 127 Å². The smallest absolute Gasteiger partial charge is 0.408 e. The van der Waals surface area contributed by atoms with E-state index in [1.54, 1.807) is 25.1 Å². The highest BCUT2D eigenvalue weighted by Gasteiger charge is 2.81. The minimum atomic E-state index is -1.01. The highest BCUT2D eigenvalue weighted by molar-refractivity contribution is 9.11. The molecule has 9 aliphatic carbocycles. The van der Waals surface area contributed by atoms with Crippen LogP contribution in [0.3, 0.4) is 0 Å². The second kappa shape index (κ2) is 27.6. The molecule has 1 aromatic heterocycles. The van der Waals surface area contributed by atoms with Crippen molar-refractivity contribution in [3.8, 4) is 46.0 Å². The number of benzene rings is 4. The summed E-state index contributed by atoms with van der Waals surface area (Å²) in [5.41, 5.74) is 2.24. The number of H-pyrrole nitrogens is 1. The molecule has 31 heteroatoms. The molecule has 9 fully saturated rings. The maximum absolute atomic E-state index is 13.2. The number of phenolic OH excluding ortho intramolecular Hbond substituents is 2. The molecular formula is C78H93Br4N5O22. The fourth-order valence-corrected chi connectivity index (χ4v) is 18.5.